The average molecular weight is 965 g/mol. The van der Waals surface area contributed by atoms with E-state index in [1.54, 1.807) is 0 Å². The Hall–Kier alpha value is -9.63. The summed E-state index contributed by atoms with van der Waals surface area (Å²) in [7, 11) is 0. The van der Waals surface area contributed by atoms with Gasteiger partial charge in [0.25, 0.3) is 0 Å². The van der Waals surface area contributed by atoms with Crippen molar-refractivity contribution in [2.75, 3.05) is 9.80 Å². The Labute approximate surface area is 445 Å². The number of para-hydroxylation sites is 4. The van der Waals surface area contributed by atoms with Crippen molar-refractivity contribution in [2.45, 2.75) is 0 Å². The van der Waals surface area contributed by atoms with Crippen LogP contribution in [0.25, 0.3) is 54.6 Å². The van der Waals surface area contributed by atoms with Crippen LogP contribution in [0.3, 0.4) is 0 Å². The third-order valence-corrected chi connectivity index (χ3v) is 15.7. The quantitative estimate of drug-likeness (QED) is 0.153. The van der Waals surface area contributed by atoms with E-state index in [1.165, 1.54) is 121 Å². The number of rotatable bonds is 6. The molecular weight excluding hydrogens is 914 g/mol. The summed E-state index contributed by atoms with van der Waals surface area (Å²) in [5.41, 5.74) is 20.3. The normalized spacial score (nSPS) is 12.4. The van der Waals surface area contributed by atoms with Gasteiger partial charge in [0.1, 0.15) is 0 Å². The van der Waals surface area contributed by atoms with Gasteiger partial charge in [0.2, 0.25) is 13.4 Å². The van der Waals surface area contributed by atoms with Gasteiger partial charge < -0.3 is 9.80 Å². The van der Waals surface area contributed by atoms with E-state index in [2.05, 4.69) is 313 Å². The Kier molecular flexibility index (Phi) is 11.5. The molecule has 0 N–H and O–H groups in total. The molecule has 0 unspecified atom stereocenters. The first-order valence-corrected chi connectivity index (χ1v) is 26.4. The Morgan fingerprint density at radius 2 is 0.487 bits per heavy atom. The summed E-state index contributed by atoms with van der Waals surface area (Å²) < 4.78 is 0. The number of fused-ring (bicyclic) bond motifs is 7. The van der Waals surface area contributed by atoms with E-state index in [4.69, 9.17) is 0 Å². The molecule has 0 aromatic heterocycles. The highest BCUT2D eigenvalue weighted by atomic mass is 15.2. The molecule has 0 amide bonds. The lowest BCUT2D eigenvalue weighted by Gasteiger charge is -2.38. The third-order valence-electron chi connectivity index (χ3n) is 15.7. The maximum atomic E-state index is 2.47. The number of nitrogens with zero attached hydrogens (tertiary/aromatic N) is 2. The molecule has 0 radical (unpaired) electrons. The van der Waals surface area contributed by atoms with Crippen molar-refractivity contribution in [1.82, 2.24) is 0 Å². The Bertz CT molecular complexity index is 3990. The van der Waals surface area contributed by atoms with Crippen LogP contribution in [0.2, 0.25) is 0 Å². The van der Waals surface area contributed by atoms with E-state index in [0.29, 0.717) is 0 Å². The largest absolute Gasteiger partial charge is 0.311 e. The van der Waals surface area contributed by atoms with E-state index in [-0.39, 0.29) is 13.4 Å². The highest BCUT2D eigenvalue weighted by Crippen LogP contribution is 2.42. The predicted octanol–water partition coefficient (Wildman–Crippen LogP) is 14.8. The second kappa shape index (κ2) is 19.3. The van der Waals surface area contributed by atoms with Crippen LogP contribution < -0.4 is 42.6 Å². The monoisotopic (exact) mass is 964 g/mol. The summed E-state index contributed by atoms with van der Waals surface area (Å²) in [6, 6.07) is 110. The van der Waals surface area contributed by atoms with Gasteiger partial charge >= 0.3 is 0 Å². The van der Waals surface area contributed by atoms with E-state index < -0.39 is 0 Å². The average Bonchev–Trinajstić information content (AvgIpc) is 3.62. The second-order valence-corrected chi connectivity index (χ2v) is 19.8. The first-order valence-electron chi connectivity index (χ1n) is 26.4. The van der Waals surface area contributed by atoms with Crippen LogP contribution in [0.1, 0.15) is 0 Å². The van der Waals surface area contributed by atoms with Crippen molar-refractivity contribution in [3.05, 3.63) is 303 Å². The Morgan fingerprint density at radius 1 is 0.197 bits per heavy atom. The topological polar surface area (TPSA) is 6.48 Å². The maximum Gasteiger partial charge on any atom is 0.248 e. The summed E-state index contributed by atoms with van der Waals surface area (Å²) in [6.07, 6.45) is 0. The molecule has 4 heteroatoms. The van der Waals surface area contributed by atoms with Crippen molar-refractivity contribution in [3.63, 3.8) is 0 Å². The van der Waals surface area contributed by atoms with Crippen LogP contribution in [0.4, 0.5) is 34.1 Å². The molecule has 0 spiro atoms. The van der Waals surface area contributed by atoms with Crippen molar-refractivity contribution in [1.29, 1.82) is 0 Å². The molecule has 2 nitrogen and oxygen atoms in total. The predicted molar refractivity (Wildman–Crippen MR) is 328 cm³/mol. The summed E-state index contributed by atoms with van der Waals surface area (Å²) >= 11 is 0. The molecular formula is C72H50B2N2. The number of hydrogen-bond donors (Lipinski definition) is 0. The van der Waals surface area contributed by atoms with Crippen LogP contribution in [0.15, 0.2) is 303 Å². The van der Waals surface area contributed by atoms with E-state index >= 15 is 0 Å². The van der Waals surface area contributed by atoms with Gasteiger partial charge in [0.05, 0.1) is 11.4 Å². The first-order chi connectivity index (χ1) is 37.8. The molecule has 0 fully saturated rings. The van der Waals surface area contributed by atoms with E-state index in [0.717, 1.165) is 0 Å². The minimum atomic E-state index is 0.0511. The molecule has 76 heavy (non-hydrogen) atoms. The van der Waals surface area contributed by atoms with Crippen LogP contribution >= 0.6 is 0 Å². The molecule has 0 atom stereocenters. The minimum Gasteiger partial charge on any atom is -0.311 e. The van der Waals surface area contributed by atoms with Crippen LogP contribution in [0.5, 0.6) is 0 Å². The van der Waals surface area contributed by atoms with Crippen LogP contribution in [-0.4, -0.2) is 13.4 Å². The van der Waals surface area contributed by atoms with Gasteiger partial charge in [0, 0.05) is 33.5 Å². The SMILES string of the molecule is c1ccc(-c2cccc(-c3ccccc3)c2B2c3ccccc3N(c3cccc4ccccc34)c3ccccc32)cc1.c1ccc2c(c1)B(c1cccc3ccccc13)c1ccccc1N2c1cccc2ccccc12. The third kappa shape index (κ3) is 7.69. The molecule has 0 saturated heterocycles. The Morgan fingerprint density at radius 3 is 0.934 bits per heavy atom. The van der Waals surface area contributed by atoms with Gasteiger partial charge in [-0.1, -0.05) is 278 Å². The van der Waals surface area contributed by atoms with Gasteiger partial charge in [0.15, 0.2) is 0 Å². The van der Waals surface area contributed by atoms with Gasteiger partial charge in [-0.15, -0.1) is 0 Å². The summed E-state index contributed by atoms with van der Waals surface area (Å²) in [5.74, 6) is 0. The van der Waals surface area contributed by atoms with Gasteiger partial charge in [-0.25, -0.2) is 0 Å². The maximum absolute atomic E-state index is 2.47. The smallest absolute Gasteiger partial charge is 0.248 e. The fourth-order valence-corrected chi connectivity index (χ4v) is 12.4. The van der Waals surface area contributed by atoms with Crippen LogP contribution in [-0.2, 0) is 0 Å². The van der Waals surface area contributed by atoms with Crippen molar-refractivity contribution in [3.8, 4) is 22.3 Å². The molecule has 13 aromatic carbocycles. The lowest BCUT2D eigenvalue weighted by molar-refractivity contribution is 1.31. The summed E-state index contributed by atoms with van der Waals surface area (Å²) in [5, 5.41) is 7.61. The first kappa shape index (κ1) is 45.0. The molecule has 2 aliphatic rings. The van der Waals surface area contributed by atoms with E-state index in [1.807, 2.05) is 0 Å². The van der Waals surface area contributed by atoms with Gasteiger partial charge in [-0.3, -0.25) is 0 Å². The fourth-order valence-electron chi connectivity index (χ4n) is 12.4. The minimum absolute atomic E-state index is 0.0511. The van der Waals surface area contributed by atoms with Crippen molar-refractivity contribution < 1.29 is 0 Å². The fraction of sp³-hybridized carbons (Fsp3) is 0. The molecule has 2 aliphatic heterocycles. The lowest BCUT2D eigenvalue weighted by atomic mass is 9.33. The zero-order chi connectivity index (χ0) is 50.4. The summed E-state index contributed by atoms with van der Waals surface area (Å²) in [4.78, 5) is 4.92. The van der Waals surface area contributed by atoms with Gasteiger partial charge in [-0.05, 0) is 102 Å². The van der Waals surface area contributed by atoms with Crippen molar-refractivity contribution >= 4 is 113 Å². The van der Waals surface area contributed by atoms with Gasteiger partial charge in [-0.2, -0.15) is 0 Å². The van der Waals surface area contributed by atoms with E-state index in [9.17, 15) is 0 Å². The molecule has 0 saturated carbocycles. The molecule has 13 aromatic rings. The number of hydrogen-bond acceptors (Lipinski definition) is 2. The highest BCUT2D eigenvalue weighted by molar-refractivity contribution is 7.00. The standard InChI is InChI=1S/C40H28BN.C32H22BN/c1-3-15-30(16-4-1)33-22-14-23-34(31-17-5-2-6-18-31)40(33)41-35-24-9-11-26-38(35)42(39-27-12-10-25-36(39)41)37-28-13-20-29-19-7-8-21-32(29)37;1-3-15-25-23(11-1)13-9-19-27(25)33-28-17-5-7-20-31(28)34(32-21-8-6-18-29(32)33)30-22-10-14-24-12-2-4-16-26(24)30/h1-28H;1-22H. The molecule has 15 rings (SSSR count). The number of anilines is 6. The zero-order valence-electron chi connectivity index (χ0n) is 41.9. The summed E-state index contributed by atoms with van der Waals surface area (Å²) in [6.45, 7) is 0.222. The number of benzene rings is 13. The van der Waals surface area contributed by atoms with Crippen LogP contribution in [0, 0.1) is 0 Å². The Balaban J connectivity index is 0.000000142. The molecule has 0 bridgehead atoms. The molecule has 2 heterocycles. The van der Waals surface area contributed by atoms with Crippen molar-refractivity contribution in [2.24, 2.45) is 0 Å². The second-order valence-electron chi connectivity index (χ2n) is 19.8. The molecule has 354 valence electrons. The lowest BCUT2D eigenvalue weighted by Crippen LogP contribution is -2.58. The molecule has 0 aliphatic carbocycles. The zero-order valence-corrected chi connectivity index (χ0v) is 41.9. The highest BCUT2D eigenvalue weighted by Gasteiger charge is 2.39.